The van der Waals surface area contributed by atoms with Crippen molar-refractivity contribution in [3.05, 3.63) is 59.7 Å². The molecule has 5 heteroatoms. The van der Waals surface area contributed by atoms with Crippen molar-refractivity contribution in [1.82, 2.24) is 0 Å². The lowest BCUT2D eigenvalue weighted by atomic mass is 10.1. The van der Waals surface area contributed by atoms with E-state index in [1.54, 1.807) is 0 Å². The van der Waals surface area contributed by atoms with E-state index >= 15 is 0 Å². The van der Waals surface area contributed by atoms with Crippen LogP contribution >= 0.6 is 0 Å². The summed E-state index contributed by atoms with van der Waals surface area (Å²) < 4.78 is 42.9. The fraction of sp³-hybridized carbons (Fsp3) is 0.250. The second kappa shape index (κ2) is 6.52. The first-order chi connectivity index (χ1) is 9.97. The molecule has 0 atom stereocenters. The van der Waals surface area contributed by atoms with Gasteiger partial charge in [0.05, 0.1) is 17.9 Å². The molecule has 21 heavy (non-hydrogen) atoms. The van der Waals surface area contributed by atoms with Gasteiger partial charge in [-0.25, -0.2) is 0 Å². The van der Waals surface area contributed by atoms with Crippen LogP contribution in [-0.2, 0) is 12.6 Å². The maximum absolute atomic E-state index is 12.5. The van der Waals surface area contributed by atoms with Gasteiger partial charge in [-0.05, 0) is 36.6 Å². The minimum Gasteiger partial charge on any atom is -0.491 e. The van der Waals surface area contributed by atoms with E-state index in [1.807, 2.05) is 30.3 Å². The number of halogens is 3. The van der Waals surface area contributed by atoms with Crippen molar-refractivity contribution in [1.29, 1.82) is 0 Å². The monoisotopic (exact) mass is 295 g/mol. The molecule has 0 unspecified atom stereocenters. The number of rotatable bonds is 5. The molecule has 0 fully saturated rings. The standard InChI is InChI=1S/C16H16F3NO/c17-16(18,19)13-8-9-15(14(20)11-13)21-10-4-7-12-5-2-1-3-6-12/h1-3,5-6,8-9,11H,4,7,10,20H2. The average molecular weight is 295 g/mol. The van der Waals surface area contributed by atoms with Gasteiger partial charge in [-0.3, -0.25) is 0 Å². The van der Waals surface area contributed by atoms with Crippen LogP contribution in [0.15, 0.2) is 48.5 Å². The number of hydrogen-bond acceptors (Lipinski definition) is 2. The molecule has 0 aliphatic rings. The Hall–Kier alpha value is -2.17. The zero-order valence-electron chi connectivity index (χ0n) is 11.4. The van der Waals surface area contributed by atoms with Gasteiger partial charge in [-0.2, -0.15) is 13.2 Å². The van der Waals surface area contributed by atoms with Crippen LogP contribution < -0.4 is 10.5 Å². The molecule has 0 aliphatic heterocycles. The van der Waals surface area contributed by atoms with E-state index in [2.05, 4.69) is 0 Å². The summed E-state index contributed by atoms with van der Waals surface area (Å²) >= 11 is 0. The summed E-state index contributed by atoms with van der Waals surface area (Å²) in [6, 6.07) is 13.0. The van der Waals surface area contributed by atoms with Gasteiger partial charge in [0.1, 0.15) is 5.75 Å². The Morgan fingerprint density at radius 1 is 1.00 bits per heavy atom. The number of aryl methyl sites for hydroxylation is 1. The van der Waals surface area contributed by atoms with Crippen molar-refractivity contribution in [3.8, 4) is 5.75 Å². The number of ether oxygens (including phenoxy) is 1. The van der Waals surface area contributed by atoms with Crippen LogP contribution in [-0.4, -0.2) is 6.61 Å². The number of hydrogen-bond donors (Lipinski definition) is 1. The van der Waals surface area contributed by atoms with Crippen LogP contribution in [0, 0.1) is 0 Å². The summed E-state index contributed by atoms with van der Waals surface area (Å²) in [6.45, 7) is 0.407. The van der Waals surface area contributed by atoms with Gasteiger partial charge in [-0.1, -0.05) is 30.3 Å². The highest BCUT2D eigenvalue weighted by Crippen LogP contribution is 2.33. The molecule has 0 heterocycles. The van der Waals surface area contributed by atoms with E-state index < -0.39 is 11.7 Å². The van der Waals surface area contributed by atoms with Gasteiger partial charge in [0, 0.05) is 0 Å². The zero-order chi connectivity index (χ0) is 15.3. The lowest BCUT2D eigenvalue weighted by molar-refractivity contribution is -0.137. The fourth-order valence-corrected chi connectivity index (χ4v) is 1.96. The number of alkyl halides is 3. The van der Waals surface area contributed by atoms with Crippen LogP contribution in [0.3, 0.4) is 0 Å². The van der Waals surface area contributed by atoms with Crippen molar-refractivity contribution in [3.63, 3.8) is 0 Å². The highest BCUT2D eigenvalue weighted by molar-refractivity contribution is 5.54. The van der Waals surface area contributed by atoms with Crippen LogP contribution in [0.5, 0.6) is 5.75 Å². The Labute approximate surface area is 121 Å². The van der Waals surface area contributed by atoms with E-state index in [9.17, 15) is 13.2 Å². The van der Waals surface area contributed by atoms with Gasteiger partial charge >= 0.3 is 6.18 Å². The second-order valence-electron chi connectivity index (χ2n) is 4.69. The Morgan fingerprint density at radius 2 is 1.71 bits per heavy atom. The summed E-state index contributed by atoms with van der Waals surface area (Å²) in [5.41, 5.74) is 6.02. The van der Waals surface area contributed by atoms with E-state index in [0.29, 0.717) is 6.61 Å². The van der Waals surface area contributed by atoms with Crippen LogP contribution in [0.25, 0.3) is 0 Å². The summed E-state index contributed by atoms with van der Waals surface area (Å²) in [4.78, 5) is 0. The molecule has 2 nitrogen and oxygen atoms in total. The number of nitrogens with two attached hydrogens (primary N) is 1. The maximum atomic E-state index is 12.5. The lowest BCUT2D eigenvalue weighted by Gasteiger charge is -2.12. The first-order valence-corrected chi connectivity index (χ1v) is 6.60. The zero-order valence-corrected chi connectivity index (χ0v) is 11.4. The molecule has 0 aromatic heterocycles. The molecule has 0 saturated carbocycles. The molecule has 0 bridgehead atoms. The maximum Gasteiger partial charge on any atom is 0.416 e. The molecule has 2 rings (SSSR count). The van der Waals surface area contributed by atoms with Gasteiger partial charge in [0.25, 0.3) is 0 Å². The molecule has 0 amide bonds. The molecule has 0 aliphatic carbocycles. The molecule has 0 saturated heterocycles. The Morgan fingerprint density at radius 3 is 2.33 bits per heavy atom. The topological polar surface area (TPSA) is 35.2 Å². The predicted molar refractivity (Wildman–Crippen MR) is 76.1 cm³/mol. The smallest absolute Gasteiger partial charge is 0.416 e. The molecule has 2 aromatic rings. The highest BCUT2D eigenvalue weighted by Gasteiger charge is 2.30. The van der Waals surface area contributed by atoms with E-state index in [-0.39, 0.29) is 11.4 Å². The molecular weight excluding hydrogens is 279 g/mol. The third-order valence-corrected chi connectivity index (χ3v) is 3.05. The number of anilines is 1. The lowest BCUT2D eigenvalue weighted by Crippen LogP contribution is -2.07. The molecule has 0 radical (unpaired) electrons. The van der Waals surface area contributed by atoms with Gasteiger partial charge in [0.2, 0.25) is 0 Å². The van der Waals surface area contributed by atoms with Crippen LogP contribution in [0.2, 0.25) is 0 Å². The van der Waals surface area contributed by atoms with Gasteiger partial charge in [0.15, 0.2) is 0 Å². The Kier molecular flexibility index (Phi) is 4.73. The Bertz CT molecular complexity index is 582. The third-order valence-electron chi connectivity index (χ3n) is 3.05. The molecule has 2 aromatic carbocycles. The summed E-state index contributed by atoms with van der Waals surface area (Å²) in [7, 11) is 0. The normalized spacial score (nSPS) is 11.4. The molecule has 0 spiro atoms. The number of benzene rings is 2. The van der Waals surface area contributed by atoms with Crippen molar-refractivity contribution >= 4 is 5.69 Å². The second-order valence-corrected chi connectivity index (χ2v) is 4.69. The van der Waals surface area contributed by atoms with E-state index in [1.165, 1.54) is 11.6 Å². The van der Waals surface area contributed by atoms with E-state index in [4.69, 9.17) is 10.5 Å². The van der Waals surface area contributed by atoms with Crippen molar-refractivity contribution in [2.24, 2.45) is 0 Å². The minimum absolute atomic E-state index is 0.00420. The quantitative estimate of drug-likeness (QED) is 0.659. The predicted octanol–water partition coefficient (Wildman–Crippen LogP) is 4.30. The van der Waals surface area contributed by atoms with Crippen molar-refractivity contribution < 1.29 is 17.9 Å². The average Bonchev–Trinajstić information content (AvgIpc) is 2.45. The van der Waals surface area contributed by atoms with Crippen molar-refractivity contribution in [2.45, 2.75) is 19.0 Å². The third kappa shape index (κ3) is 4.41. The van der Waals surface area contributed by atoms with Gasteiger partial charge in [-0.15, -0.1) is 0 Å². The first-order valence-electron chi connectivity index (χ1n) is 6.60. The SMILES string of the molecule is Nc1cc(C(F)(F)F)ccc1OCCCc1ccccc1. The van der Waals surface area contributed by atoms with Crippen LogP contribution in [0.1, 0.15) is 17.5 Å². The van der Waals surface area contributed by atoms with Crippen LogP contribution in [0.4, 0.5) is 18.9 Å². The fourth-order valence-electron chi connectivity index (χ4n) is 1.96. The number of nitrogen functional groups attached to an aromatic ring is 1. The Balaban J connectivity index is 1.86. The summed E-state index contributed by atoms with van der Waals surface area (Å²) in [5.74, 6) is 0.288. The largest absolute Gasteiger partial charge is 0.491 e. The minimum atomic E-state index is -4.39. The first kappa shape index (κ1) is 15.2. The molecule has 112 valence electrons. The summed E-state index contributed by atoms with van der Waals surface area (Å²) in [5, 5.41) is 0. The van der Waals surface area contributed by atoms with Gasteiger partial charge < -0.3 is 10.5 Å². The highest BCUT2D eigenvalue weighted by atomic mass is 19.4. The summed E-state index contributed by atoms with van der Waals surface area (Å²) in [6.07, 6.45) is -2.77. The molecular formula is C16H16F3NO. The van der Waals surface area contributed by atoms with Crippen molar-refractivity contribution in [2.75, 3.05) is 12.3 Å². The molecule has 2 N–H and O–H groups in total. The van der Waals surface area contributed by atoms with E-state index in [0.717, 1.165) is 25.0 Å².